The lowest BCUT2D eigenvalue weighted by molar-refractivity contribution is -0.121. The third kappa shape index (κ3) is 2.91. The van der Waals surface area contributed by atoms with Crippen LogP contribution in [-0.4, -0.2) is 25.2 Å². The lowest BCUT2D eigenvalue weighted by Crippen LogP contribution is -2.45. The summed E-state index contributed by atoms with van der Waals surface area (Å²) in [6.45, 7) is 10.1. The molecule has 120 valence electrons. The van der Waals surface area contributed by atoms with Gasteiger partial charge in [-0.2, -0.15) is 0 Å². The number of benzene rings is 1. The van der Waals surface area contributed by atoms with Crippen LogP contribution in [0.15, 0.2) is 18.2 Å². The molecular formula is C19H27NO2. The first-order chi connectivity index (χ1) is 10.4. The fourth-order valence-corrected chi connectivity index (χ4v) is 3.47. The summed E-state index contributed by atoms with van der Waals surface area (Å²) in [5, 5.41) is 0. The van der Waals surface area contributed by atoms with E-state index in [-0.39, 0.29) is 17.4 Å². The van der Waals surface area contributed by atoms with E-state index in [0.717, 1.165) is 38.2 Å². The molecule has 1 aliphatic carbocycles. The molecule has 1 amide bonds. The van der Waals surface area contributed by atoms with E-state index in [2.05, 4.69) is 50.8 Å². The Morgan fingerprint density at radius 3 is 2.45 bits per heavy atom. The predicted octanol–water partition coefficient (Wildman–Crippen LogP) is 3.86. The lowest BCUT2D eigenvalue weighted by Gasteiger charge is -2.36. The van der Waals surface area contributed by atoms with Crippen LogP contribution in [0.2, 0.25) is 0 Å². The van der Waals surface area contributed by atoms with E-state index in [0.29, 0.717) is 5.91 Å². The molecule has 0 bridgehead atoms. The first-order valence-electron chi connectivity index (χ1n) is 8.38. The molecule has 0 spiro atoms. The van der Waals surface area contributed by atoms with Crippen molar-refractivity contribution in [3.63, 3.8) is 0 Å². The van der Waals surface area contributed by atoms with E-state index >= 15 is 0 Å². The average molecular weight is 301 g/mol. The molecule has 2 fully saturated rings. The highest BCUT2D eigenvalue weighted by atomic mass is 16.5. The third-order valence-corrected chi connectivity index (χ3v) is 5.23. The zero-order valence-electron chi connectivity index (χ0n) is 14.2. The van der Waals surface area contributed by atoms with Gasteiger partial charge >= 0.3 is 0 Å². The van der Waals surface area contributed by atoms with Crippen molar-refractivity contribution in [2.24, 2.45) is 11.3 Å². The fraction of sp³-hybridized carbons (Fsp3) is 0.632. The zero-order chi connectivity index (χ0) is 15.9. The smallest absolute Gasteiger partial charge is 0.230 e. The summed E-state index contributed by atoms with van der Waals surface area (Å²) in [5.74, 6) is 0.487. The Hall–Kier alpha value is -1.35. The highest BCUT2D eigenvalue weighted by Crippen LogP contribution is 2.53. The largest absolute Gasteiger partial charge is 0.381 e. The van der Waals surface area contributed by atoms with Gasteiger partial charge in [-0.05, 0) is 55.7 Å². The molecule has 1 atom stereocenters. The van der Waals surface area contributed by atoms with Crippen molar-refractivity contribution in [2.75, 3.05) is 18.1 Å². The van der Waals surface area contributed by atoms with Crippen LogP contribution in [0.4, 0.5) is 5.69 Å². The van der Waals surface area contributed by atoms with Gasteiger partial charge in [0.15, 0.2) is 0 Å². The first-order valence-corrected chi connectivity index (χ1v) is 8.38. The number of anilines is 1. The van der Waals surface area contributed by atoms with Gasteiger partial charge in [0.25, 0.3) is 0 Å². The molecule has 3 rings (SSSR count). The lowest BCUT2D eigenvalue weighted by atomic mass is 10.0. The molecule has 1 saturated carbocycles. The maximum absolute atomic E-state index is 13.2. The van der Waals surface area contributed by atoms with Crippen LogP contribution in [0, 0.1) is 25.2 Å². The molecule has 2 aliphatic rings. The minimum Gasteiger partial charge on any atom is -0.381 e. The summed E-state index contributed by atoms with van der Waals surface area (Å²) < 4.78 is 5.50. The second-order valence-corrected chi connectivity index (χ2v) is 7.59. The van der Waals surface area contributed by atoms with Crippen LogP contribution >= 0.6 is 0 Å². The Morgan fingerprint density at radius 1 is 1.23 bits per heavy atom. The van der Waals surface area contributed by atoms with Gasteiger partial charge in [-0.15, -0.1) is 0 Å². The van der Waals surface area contributed by atoms with Crippen LogP contribution in [0.3, 0.4) is 0 Å². The van der Waals surface area contributed by atoms with Crippen molar-refractivity contribution >= 4 is 11.6 Å². The van der Waals surface area contributed by atoms with Gasteiger partial charge in [-0.25, -0.2) is 0 Å². The van der Waals surface area contributed by atoms with Crippen molar-refractivity contribution in [1.29, 1.82) is 0 Å². The number of hydrogen-bond donors (Lipinski definition) is 0. The van der Waals surface area contributed by atoms with Crippen molar-refractivity contribution in [3.05, 3.63) is 29.3 Å². The van der Waals surface area contributed by atoms with Crippen LogP contribution in [-0.2, 0) is 9.53 Å². The summed E-state index contributed by atoms with van der Waals surface area (Å²) in [5.41, 5.74) is 3.65. The van der Waals surface area contributed by atoms with E-state index in [9.17, 15) is 4.79 Å². The van der Waals surface area contributed by atoms with Gasteiger partial charge < -0.3 is 9.64 Å². The number of amides is 1. The van der Waals surface area contributed by atoms with Gasteiger partial charge in [0.1, 0.15) is 0 Å². The number of carbonyl (C=O) groups excluding carboxylic acids is 1. The van der Waals surface area contributed by atoms with Crippen LogP contribution < -0.4 is 4.90 Å². The zero-order valence-corrected chi connectivity index (χ0v) is 14.2. The molecule has 1 aromatic rings. The molecule has 0 unspecified atom stereocenters. The Kier molecular flexibility index (Phi) is 4.02. The number of ether oxygens (including phenoxy) is 1. The summed E-state index contributed by atoms with van der Waals surface area (Å²) in [7, 11) is 0. The summed E-state index contributed by atoms with van der Waals surface area (Å²) >= 11 is 0. The summed E-state index contributed by atoms with van der Waals surface area (Å²) in [4.78, 5) is 15.3. The van der Waals surface area contributed by atoms with E-state index in [1.54, 1.807) is 0 Å². The molecule has 0 radical (unpaired) electrons. The Balaban J connectivity index is 1.95. The molecule has 1 heterocycles. The van der Waals surface area contributed by atoms with Gasteiger partial charge in [-0.1, -0.05) is 26.0 Å². The molecule has 0 aromatic heterocycles. The molecule has 3 nitrogen and oxygen atoms in total. The van der Waals surface area contributed by atoms with Crippen molar-refractivity contribution in [3.8, 4) is 0 Å². The topological polar surface area (TPSA) is 29.5 Å². The summed E-state index contributed by atoms with van der Waals surface area (Å²) in [6.07, 6.45) is 2.88. The molecule has 22 heavy (non-hydrogen) atoms. The molecule has 1 aromatic carbocycles. The van der Waals surface area contributed by atoms with E-state index in [4.69, 9.17) is 4.74 Å². The minimum absolute atomic E-state index is 0.165. The maximum Gasteiger partial charge on any atom is 0.230 e. The van der Waals surface area contributed by atoms with Crippen molar-refractivity contribution in [2.45, 2.75) is 53.0 Å². The van der Waals surface area contributed by atoms with Gasteiger partial charge in [0.05, 0.1) is 0 Å². The fourth-order valence-electron chi connectivity index (χ4n) is 3.47. The van der Waals surface area contributed by atoms with Crippen LogP contribution in [0.25, 0.3) is 0 Å². The monoisotopic (exact) mass is 301 g/mol. The number of aryl methyl sites for hydroxylation is 2. The summed E-state index contributed by atoms with van der Waals surface area (Å²) in [6, 6.07) is 6.69. The number of rotatable bonds is 3. The van der Waals surface area contributed by atoms with Crippen LogP contribution in [0.5, 0.6) is 0 Å². The highest BCUT2D eigenvalue weighted by Gasteiger charge is 2.53. The standard InChI is InChI=1S/C19H27NO2/c1-13-5-6-14(2)17(11-13)20(15-7-9-22-10-8-15)18(21)16-12-19(16,3)4/h5-6,11,15-16H,7-10,12H2,1-4H3/t16-/m1/s1. The Labute approximate surface area is 133 Å². The normalized spacial score (nSPS) is 24.1. The quantitative estimate of drug-likeness (QED) is 0.848. The van der Waals surface area contributed by atoms with E-state index < -0.39 is 0 Å². The minimum atomic E-state index is 0.165. The number of carbonyl (C=O) groups is 1. The SMILES string of the molecule is Cc1ccc(C)c(N(C(=O)[C@H]2CC2(C)C)C2CCOCC2)c1. The van der Waals surface area contributed by atoms with Crippen molar-refractivity contribution < 1.29 is 9.53 Å². The van der Waals surface area contributed by atoms with Gasteiger partial charge in [-0.3, -0.25) is 4.79 Å². The molecular weight excluding hydrogens is 274 g/mol. The van der Waals surface area contributed by atoms with E-state index in [1.807, 2.05) is 0 Å². The maximum atomic E-state index is 13.2. The molecule has 1 saturated heterocycles. The van der Waals surface area contributed by atoms with Gasteiger partial charge in [0.2, 0.25) is 5.91 Å². The first kappa shape index (κ1) is 15.5. The third-order valence-electron chi connectivity index (χ3n) is 5.23. The predicted molar refractivity (Wildman–Crippen MR) is 89.1 cm³/mol. The number of hydrogen-bond acceptors (Lipinski definition) is 2. The highest BCUT2D eigenvalue weighted by molar-refractivity contribution is 5.98. The van der Waals surface area contributed by atoms with Gasteiger partial charge in [0, 0.05) is 30.9 Å². The second kappa shape index (κ2) is 5.69. The molecule has 0 N–H and O–H groups in total. The molecule has 3 heteroatoms. The Morgan fingerprint density at radius 2 is 1.86 bits per heavy atom. The molecule has 1 aliphatic heterocycles. The average Bonchev–Trinajstić information content (AvgIpc) is 3.13. The second-order valence-electron chi connectivity index (χ2n) is 7.59. The Bertz CT molecular complexity index is 573. The number of nitrogens with zero attached hydrogens (tertiary/aromatic N) is 1. The van der Waals surface area contributed by atoms with Crippen molar-refractivity contribution in [1.82, 2.24) is 0 Å². The van der Waals surface area contributed by atoms with Crippen LogP contribution in [0.1, 0.15) is 44.2 Å². The van der Waals surface area contributed by atoms with E-state index in [1.165, 1.54) is 11.1 Å².